The Bertz CT molecular complexity index is 618. The summed E-state index contributed by atoms with van der Waals surface area (Å²) in [5.41, 5.74) is 2.02. The summed E-state index contributed by atoms with van der Waals surface area (Å²) in [7, 11) is -2.14. The third-order valence-corrected chi connectivity index (χ3v) is 3.51. The van der Waals surface area contributed by atoms with Crippen LogP contribution < -0.4 is 10.0 Å². The molecule has 0 atom stereocenters. The Kier molecular flexibility index (Phi) is 3.84. The smallest absolute Gasteiger partial charge is 0.336 e. The maximum atomic E-state index is 11.3. The molecule has 0 saturated carbocycles. The van der Waals surface area contributed by atoms with Gasteiger partial charge in [-0.2, -0.15) is 8.42 Å². The molecule has 0 unspecified atom stereocenters. The molecule has 0 radical (unpaired) electrons. The summed E-state index contributed by atoms with van der Waals surface area (Å²) in [6.07, 6.45) is 2.12. The van der Waals surface area contributed by atoms with Gasteiger partial charge in [0.15, 0.2) is 11.7 Å². The van der Waals surface area contributed by atoms with E-state index < -0.39 is 10.2 Å². The monoisotopic (exact) mass is 280 g/mol. The Hall–Kier alpha value is -1.89. The number of benzene rings is 1. The summed E-state index contributed by atoms with van der Waals surface area (Å²) in [6, 6.07) is 7.80. The SMILES string of the molecule is CCCc1ccc(NC2=NS(=O)(=O)NC2=NC)cc1. The van der Waals surface area contributed by atoms with Crippen molar-refractivity contribution in [2.45, 2.75) is 19.8 Å². The number of amidine groups is 2. The molecule has 19 heavy (non-hydrogen) atoms. The first-order valence-corrected chi connectivity index (χ1v) is 7.44. The van der Waals surface area contributed by atoms with Crippen molar-refractivity contribution in [3.05, 3.63) is 29.8 Å². The summed E-state index contributed by atoms with van der Waals surface area (Å²) in [4.78, 5) is 3.84. The van der Waals surface area contributed by atoms with Crippen LogP contribution in [0, 0.1) is 0 Å². The third kappa shape index (κ3) is 3.31. The maximum absolute atomic E-state index is 11.3. The number of aryl methyl sites for hydroxylation is 1. The number of nitrogens with zero attached hydrogens (tertiary/aromatic N) is 2. The van der Waals surface area contributed by atoms with Crippen LogP contribution in [-0.4, -0.2) is 27.1 Å². The average Bonchev–Trinajstić information content (AvgIpc) is 2.66. The number of nitrogens with one attached hydrogen (secondary N) is 2. The van der Waals surface area contributed by atoms with Crippen molar-refractivity contribution in [1.82, 2.24) is 4.72 Å². The fraction of sp³-hybridized carbons (Fsp3) is 0.333. The Morgan fingerprint density at radius 2 is 2.00 bits per heavy atom. The van der Waals surface area contributed by atoms with Crippen molar-refractivity contribution in [2.24, 2.45) is 9.39 Å². The molecule has 0 bridgehead atoms. The molecule has 0 aliphatic carbocycles. The minimum Gasteiger partial charge on any atom is -0.336 e. The molecule has 2 N–H and O–H groups in total. The van der Waals surface area contributed by atoms with Crippen molar-refractivity contribution in [2.75, 3.05) is 12.4 Å². The van der Waals surface area contributed by atoms with Crippen LogP contribution in [0.15, 0.2) is 33.7 Å². The quantitative estimate of drug-likeness (QED) is 0.876. The first-order valence-electron chi connectivity index (χ1n) is 6.00. The van der Waals surface area contributed by atoms with E-state index in [1.165, 1.54) is 12.6 Å². The van der Waals surface area contributed by atoms with E-state index in [4.69, 9.17) is 0 Å². The molecule has 102 valence electrons. The van der Waals surface area contributed by atoms with Gasteiger partial charge in [-0.25, -0.2) is 4.72 Å². The highest BCUT2D eigenvalue weighted by molar-refractivity contribution is 7.89. The van der Waals surface area contributed by atoms with Gasteiger partial charge in [-0.15, -0.1) is 4.40 Å². The van der Waals surface area contributed by atoms with Gasteiger partial charge in [0.2, 0.25) is 0 Å². The van der Waals surface area contributed by atoms with Crippen LogP contribution in [0.4, 0.5) is 5.69 Å². The molecule has 6 nitrogen and oxygen atoms in total. The Labute approximate surface area is 112 Å². The summed E-state index contributed by atoms with van der Waals surface area (Å²) < 4.78 is 28.4. The van der Waals surface area contributed by atoms with Crippen LogP contribution in [0.2, 0.25) is 0 Å². The molecule has 0 spiro atoms. The van der Waals surface area contributed by atoms with Crippen LogP contribution in [0.25, 0.3) is 0 Å². The number of hydrogen-bond donors (Lipinski definition) is 2. The van der Waals surface area contributed by atoms with Crippen molar-refractivity contribution in [1.29, 1.82) is 0 Å². The van der Waals surface area contributed by atoms with E-state index in [1.807, 2.05) is 24.3 Å². The Morgan fingerprint density at radius 3 is 2.58 bits per heavy atom. The molecule has 0 saturated heterocycles. The zero-order chi connectivity index (χ0) is 13.9. The number of anilines is 1. The predicted octanol–water partition coefficient (Wildman–Crippen LogP) is 1.33. The summed E-state index contributed by atoms with van der Waals surface area (Å²) in [6.45, 7) is 2.12. The second-order valence-corrected chi connectivity index (χ2v) is 5.50. The number of aliphatic imine (C=N–C) groups is 1. The van der Waals surface area contributed by atoms with Crippen molar-refractivity contribution in [3.63, 3.8) is 0 Å². The molecule has 0 amide bonds. The third-order valence-electron chi connectivity index (χ3n) is 2.64. The summed E-state index contributed by atoms with van der Waals surface area (Å²) >= 11 is 0. The zero-order valence-corrected chi connectivity index (χ0v) is 11.7. The first-order chi connectivity index (χ1) is 9.04. The van der Waals surface area contributed by atoms with Gasteiger partial charge < -0.3 is 5.32 Å². The standard InChI is InChI=1S/C12H16N4O2S/c1-3-4-9-5-7-10(8-6-9)14-12-11(13-2)15-19(17,18)16-12/h5-8H,3-4H2,1-2H3,(H,13,15)(H,14,16). The van der Waals surface area contributed by atoms with E-state index in [0.717, 1.165) is 18.5 Å². The van der Waals surface area contributed by atoms with Crippen molar-refractivity contribution >= 4 is 27.6 Å². The molecule has 1 aliphatic rings. The fourth-order valence-electron chi connectivity index (χ4n) is 1.77. The van der Waals surface area contributed by atoms with E-state index in [2.05, 4.69) is 26.4 Å². The van der Waals surface area contributed by atoms with E-state index in [0.29, 0.717) is 0 Å². The largest absolute Gasteiger partial charge is 0.345 e. The number of hydrogen-bond acceptors (Lipinski definition) is 4. The van der Waals surface area contributed by atoms with Crippen LogP contribution in [-0.2, 0) is 16.6 Å². The van der Waals surface area contributed by atoms with Gasteiger partial charge in [-0.3, -0.25) is 4.99 Å². The van der Waals surface area contributed by atoms with E-state index in [9.17, 15) is 8.42 Å². The highest BCUT2D eigenvalue weighted by atomic mass is 32.2. The van der Waals surface area contributed by atoms with Gasteiger partial charge in [-0.1, -0.05) is 25.5 Å². The number of rotatable bonds is 3. The van der Waals surface area contributed by atoms with Gasteiger partial charge >= 0.3 is 10.2 Å². The lowest BCUT2D eigenvalue weighted by Crippen LogP contribution is -2.30. The molecule has 0 aromatic heterocycles. The predicted molar refractivity (Wildman–Crippen MR) is 76.9 cm³/mol. The van der Waals surface area contributed by atoms with E-state index in [-0.39, 0.29) is 11.7 Å². The van der Waals surface area contributed by atoms with Gasteiger partial charge in [-0.05, 0) is 24.1 Å². The minimum absolute atomic E-state index is 0.214. The lowest BCUT2D eigenvalue weighted by molar-refractivity contribution is 0.596. The Balaban J connectivity index is 2.17. The second-order valence-electron chi connectivity index (χ2n) is 4.16. The van der Waals surface area contributed by atoms with E-state index >= 15 is 0 Å². The average molecular weight is 280 g/mol. The van der Waals surface area contributed by atoms with Crippen molar-refractivity contribution < 1.29 is 8.42 Å². The zero-order valence-electron chi connectivity index (χ0n) is 10.8. The van der Waals surface area contributed by atoms with Gasteiger partial charge in [0.05, 0.1) is 0 Å². The highest BCUT2D eigenvalue weighted by Crippen LogP contribution is 2.13. The molecule has 1 aromatic carbocycles. The van der Waals surface area contributed by atoms with Gasteiger partial charge in [0, 0.05) is 12.7 Å². The van der Waals surface area contributed by atoms with Gasteiger partial charge in [0.25, 0.3) is 0 Å². The van der Waals surface area contributed by atoms with Crippen LogP contribution in [0.1, 0.15) is 18.9 Å². The van der Waals surface area contributed by atoms with E-state index in [1.54, 1.807) is 0 Å². The highest BCUT2D eigenvalue weighted by Gasteiger charge is 2.25. The molecule has 7 heteroatoms. The second kappa shape index (κ2) is 5.40. The summed E-state index contributed by atoms with van der Waals surface area (Å²) in [5.74, 6) is 0.434. The topological polar surface area (TPSA) is 82.9 Å². The molecule has 1 aromatic rings. The molecule has 1 aliphatic heterocycles. The van der Waals surface area contributed by atoms with Crippen molar-refractivity contribution in [3.8, 4) is 0 Å². The van der Waals surface area contributed by atoms with Gasteiger partial charge in [0.1, 0.15) is 0 Å². The Morgan fingerprint density at radius 1 is 1.32 bits per heavy atom. The maximum Gasteiger partial charge on any atom is 0.345 e. The lowest BCUT2D eigenvalue weighted by atomic mass is 10.1. The molecular formula is C12H16N4O2S. The minimum atomic E-state index is -3.65. The fourth-order valence-corrected chi connectivity index (χ4v) is 2.62. The molecular weight excluding hydrogens is 264 g/mol. The lowest BCUT2D eigenvalue weighted by Gasteiger charge is -2.06. The normalized spacial score (nSPS) is 19.1. The van der Waals surface area contributed by atoms with Crippen LogP contribution in [0.5, 0.6) is 0 Å². The van der Waals surface area contributed by atoms with Crippen LogP contribution in [0.3, 0.4) is 0 Å². The molecule has 2 rings (SSSR count). The van der Waals surface area contributed by atoms with Crippen LogP contribution >= 0.6 is 0 Å². The molecule has 0 fully saturated rings. The first kappa shape index (κ1) is 13.5. The summed E-state index contributed by atoms with van der Waals surface area (Å²) in [5, 5.41) is 2.94. The molecule has 1 heterocycles.